The van der Waals surface area contributed by atoms with Crippen LogP contribution in [0.15, 0.2) is 12.4 Å². The molecule has 0 aromatic carbocycles. The summed E-state index contributed by atoms with van der Waals surface area (Å²) in [6, 6.07) is 0.394. The summed E-state index contributed by atoms with van der Waals surface area (Å²) in [5.74, 6) is 1.41. The van der Waals surface area contributed by atoms with Gasteiger partial charge < -0.3 is 15.5 Å². The molecule has 2 N–H and O–H groups in total. The second-order valence-electron chi connectivity index (χ2n) is 4.21. The normalized spacial score (nSPS) is 14.2. The molecule has 1 aliphatic carbocycles. The molecule has 0 bridgehead atoms. The first-order chi connectivity index (χ1) is 8.19. The Labute approximate surface area is 100 Å². The molecule has 0 saturated heterocycles. The van der Waals surface area contributed by atoms with Crippen LogP contribution in [-0.4, -0.2) is 42.6 Å². The molecule has 0 spiro atoms. The van der Waals surface area contributed by atoms with Crippen LogP contribution in [0.3, 0.4) is 0 Å². The number of rotatable bonds is 5. The van der Waals surface area contributed by atoms with Gasteiger partial charge in [-0.2, -0.15) is 0 Å². The second-order valence-corrected chi connectivity index (χ2v) is 4.21. The quantitative estimate of drug-likeness (QED) is 0.764. The molecule has 0 aliphatic heterocycles. The Morgan fingerprint density at radius 1 is 1.53 bits per heavy atom. The number of carbonyl (C=O) groups is 1. The highest BCUT2D eigenvalue weighted by Gasteiger charge is 2.23. The SMILES string of the molecule is CNc1cncc(N(C)CC(=O)NC2CC2)n1. The lowest BCUT2D eigenvalue weighted by Gasteiger charge is -2.17. The largest absolute Gasteiger partial charge is 0.372 e. The summed E-state index contributed by atoms with van der Waals surface area (Å²) in [6.45, 7) is 0.304. The number of hydrogen-bond acceptors (Lipinski definition) is 5. The van der Waals surface area contributed by atoms with Gasteiger partial charge in [-0.1, -0.05) is 0 Å². The van der Waals surface area contributed by atoms with Crippen LogP contribution in [0.2, 0.25) is 0 Å². The molecule has 1 heterocycles. The number of carbonyl (C=O) groups excluding carboxylic acids is 1. The van der Waals surface area contributed by atoms with Crippen LogP contribution in [0.4, 0.5) is 11.6 Å². The van der Waals surface area contributed by atoms with Gasteiger partial charge in [-0.25, -0.2) is 4.98 Å². The summed E-state index contributed by atoms with van der Waals surface area (Å²) in [5.41, 5.74) is 0. The van der Waals surface area contributed by atoms with Crippen molar-refractivity contribution >= 4 is 17.5 Å². The van der Waals surface area contributed by atoms with Gasteiger partial charge in [-0.05, 0) is 12.8 Å². The minimum Gasteiger partial charge on any atom is -0.372 e. The molecular formula is C11H17N5O. The molecule has 0 radical (unpaired) electrons. The minimum atomic E-state index is 0.0339. The molecular weight excluding hydrogens is 218 g/mol. The zero-order valence-corrected chi connectivity index (χ0v) is 10.1. The number of aromatic nitrogens is 2. The fraction of sp³-hybridized carbons (Fsp3) is 0.545. The fourth-order valence-corrected chi connectivity index (χ4v) is 1.46. The molecule has 1 aromatic rings. The van der Waals surface area contributed by atoms with Crippen LogP contribution >= 0.6 is 0 Å². The van der Waals surface area contributed by atoms with E-state index in [0.29, 0.717) is 24.2 Å². The van der Waals surface area contributed by atoms with Crippen molar-refractivity contribution in [1.82, 2.24) is 15.3 Å². The van der Waals surface area contributed by atoms with Crippen LogP contribution in [0, 0.1) is 0 Å². The zero-order valence-electron chi connectivity index (χ0n) is 10.1. The van der Waals surface area contributed by atoms with Crippen molar-refractivity contribution in [3.63, 3.8) is 0 Å². The minimum absolute atomic E-state index is 0.0339. The van der Waals surface area contributed by atoms with Crippen LogP contribution in [0.25, 0.3) is 0 Å². The number of likely N-dealkylation sites (N-methyl/N-ethyl adjacent to an activating group) is 1. The lowest BCUT2D eigenvalue weighted by molar-refractivity contribution is -0.119. The zero-order chi connectivity index (χ0) is 12.3. The number of anilines is 2. The number of hydrogen-bond donors (Lipinski definition) is 2. The third kappa shape index (κ3) is 3.30. The number of amides is 1. The molecule has 1 aromatic heterocycles. The van der Waals surface area contributed by atoms with Gasteiger partial charge in [0.1, 0.15) is 11.6 Å². The molecule has 6 nitrogen and oxygen atoms in total. The van der Waals surface area contributed by atoms with E-state index in [1.165, 1.54) is 0 Å². The molecule has 6 heteroatoms. The van der Waals surface area contributed by atoms with E-state index < -0.39 is 0 Å². The number of nitrogens with one attached hydrogen (secondary N) is 2. The third-order valence-corrected chi connectivity index (χ3v) is 2.59. The molecule has 17 heavy (non-hydrogen) atoms. The highest BCUT2D eigenvalue weighted by molar-refractivity contribution is 5.81. The first kappa shape index (κ1) is 11.6. The second kappa shape index (κ2) is 4.99. The van der Waals surface area contributed by atoms with E-state index in [0.717, 1.165) is 12.8 Å². The van der Waals surface area contributed by atoms with Crippen molar-refractivity contribution in [2.24, 2.45) is 0 Å². The summed E-state index contributed by atoms with van der Waals surface area (Å²) in [4.78, 5) is 21.8. The Bertz CT molecular complexity index is 405. The van der Waals surface area contributed by atoms with E-state index in [4.69, 9.17) is 0 Å². The Morgan fingerprint density at radius 2 is 2.29 bits per heavy atom. The van der Waals surface area contributed by atoms with Gasteiger partial charge >= 0.3 is 0 Å². The third-order valence-electron chi connectivity index (χ3n) is 2.59. The summed E-state index contributed by atoms with van der Waals surface area (Å²) in [6.07, 6.45) is 5.49. The highest BCUT2D eigenvalue weighted by atomic mass is 16.2. The van der Waals surface area contributed by atoms with Crippen LogP contribution in [0.1, 0.15) is 12.8 Å². The van der Waals surface area contributed by atoms with E-state index in [9.17, 15) is 4.79 Å². The van der Waals surface area contributed by atoms with Crippen molar-refractivity contribution < 1.29 is 4.79 Å². The molecule has 1 saturated carbocycles. The summed E-state index contributed by atoms with van der Waals surface area (Å²) < 4.78 is 0. The Kier molecular flexibility index (Phi) is 3.41. The van der Waals surface area contributed by atoms with Gasteiger partial charge in [0.15, 0.2) is 0 Å². The maximum atomic E-state index is 11.6. The average molecular weight is 235 g/mol. The van der Waals surface area contributed by atoms with Crippen molar-refractivity contribution in [2.45, 2.75) is 18.9 Å². The van der Waals surface area contributed by atoms with E-state index in [1.54, 1.807) is 24.3 Å². The summed E-state index contributed by atoms with van der Waals surface area (Å²) in [5, 5.41) is 5.86. The molecule has 1 fully saturated rings. The summed E-state index contributed by atoms with van der Waals surface area (Å²) >= 11 is 0. The monoisotopic (exact) mass is 235 g/mol. The first-order valence-electron chi connectivity index (χ1n) is 5.69. The van der Waals surface area contributed by atoms with Gasteiger partial charge in [0.25, 0.3) is 0 Å². The predicted molar refractivity (Wildman–Crippen MR) is 66.0 cm³/mol. The molecule has 0 unspecified atom stereocenters. The molecule has 1 amide bonds. The van der Waals surface area contributed by atoms with E-state index in [2.05, 4.69) is 20.6 Å². The van der Waals surface area contributed by atoms with Gasteiger partial charge in [-0.15, -0.1) is 0 Å². The molecule has 1 aliphatic rings. The topological polar surface area (TPSA) is 70.2 Å². The van der Waals surface area contributed by atoms with Crippen molar-refractivity contribution in [3.05, 3.63) is 12.4 Å². The van der Waals surface area contributed by atoms with Gasteiger partial charge in [0.2, 0.25) is 5.91 Å². The van der Waals surface area contributed by atoms with Crippen molar-refractivity contribution in [3.8, 4) is 0 Å². The van der Waals surface area contributed by atoms with Crippen molar-refractivity contribution in [1.29, 1.82) is 0 Å². The van der Waals surface area contributed by atoms with E-state index in [-0.39, 0.29) is 5.91 Å². The predicted octanol–water partition coefficient (Wildman–Crippen LogP) is 0.233. The van der Waals surface area contributed by atoms with E-state index in [1.807, 2.05) is 7.05 Å². The fourth-order valence-electron chi connectivity index (χ4n) is 1.46. The van der Waals surface area contributed by atoms with Gasteiger partial charge in [0, 0.05) is 20.1 Å². The number of nitrogens with zero attached hydrogens (tertiary/aromatic N) is 3. The van der Waals surface area contributed by atoms with Crippen LogP contribution in [-0.2, 0) is 4.79 Å². The van der Waals surface area contributed by atoms with Crippen LogP contribution in [0.5, 0.6) is 0 Å². The molecule has 92 valence electrons. The first-order valence-corrected chi connectivity index (χ1v) is 5.69. The molecule has 2 rings (SSSR count). The Hall–Kier alpha value is -1.85. The van der Waals surface area contributed by atoms with Gasteiger partial charge in [0.05, 0.1) is 18.9 Å². The maximum absolute atomic E-state index is 11.6. The highest BCUT2D eigenvalue weighted by Crippen LogP contribution is 2.18. The standard InChI is InChI=1S/C11H17N5O/c1-12-9-5-13-6-10(15-9)16(2)7-11(17)14-8-3-4-8/h5-6,8H,3-4,7H2,1-2H3,(H,12,15)(H,14,17). The average Bonchev–Trinajstić information content (AvgIpc) is 3.12. The lowest BCUT2D eigenvalue weighted by Crippen LogP contribution is -2.36. The lowest BCUT2D eigenvalue weighted by atomic mass is 10.4. The Balaban J connectivity index is 1.92. The van der Waals surface area contributed by atoms with Gasteiger partial charge in [-0.3, -0.25) is 9.78 Å². The Morgan fingerprint density at radius 3 is 2.94 bits per heavy atom. The van der Waals surface area contributed by atoms with Crippen molar-refractivity contribution in [2.75, 3.05) is 30.9 Å². The summed E-state index contributed by atoms with van der Waals surface area (Å²) in [7, 11) is 3.61. The smallest absolute Gasteiger partial charge is 0.239 e. The van der Waals surface area contributed by atoms with Crippen LogP contribution < -0.4 is 15.5 Å². The maximum Gasteiger partial charge on any atom is 0.239 e. The molecule has 0 atom stereocenters. The van der Waals surface area contributed by atoms with E-state index >= 15 is 0 Å².